The van der Waals surface area contributed by atoms with Gasteiger partial charge in [0.15, 0.2) is 0 Å². The number of rotatable bonds is 3. The van der Waals surface area contributed by atoms with Gasteiger partial charge in [-0.2, -0.15) is 11.8 Å². The van der Waals surface area contributed by atoms with E-state index < -0.39 is 6.10 Å². The van der Waals surface area contributed by atoms with Crippen LogP contribution in [0.1, 0.15) is 11.1 Å². The minimum Gasteiger partial charge on any atom is -0.390 e. The normalized spacial score (nSPS) is 22.4. The van der Waals surface area contributed by atoms with Crippen molar-refractivity contribution in [3.8, 4) is 0 Å². The fourth-order valence-corrected chi connectivity index (χ4v) is 2.90. The van der Waals surface area contributed by atoms with Crippen LogP contribution in [-0.4, -0.2) is 35.4 Å². The molecule has 0 amide bonds. The summed E-state index contributed by atoms with van der Waals surface area (Å²) in [5.74, 6) is 1.60. The van der Waals surface area contributed by atoms with Crippen LogP contribution in [0.15, 0.2) is 18.2 Å². The van der Waals surface area contributed by atoms with Crippen LogP contribution >= 0.6 is 11.8 Å². The smallest absolute Gasteiger partial charge is 0.123 e. The molecular weight excluding hydrogens is 239 g/mol. The molecule has 17 heavy (non-hydrogen) atoms. The molecule has 1 aliphatic rings. The molecule has 94 valence electrons. The zero-order chi connectivity index (χ0) is 12.3. The summed E-state index contributed by atoms with van der Waals surface area (Å²) in [7, 11) is 0. The lowest BCUT2D eigenvalue weighted by molar-refractivity contribution is -0.0208. The molecular formula is C13H17FO2S. The van der Waals surface area contributed by atoms with E-state index in [0.29, 0.717) is 13.0 Å². The van der Waals surface area contributed by atoms with Gasteiger partial charge in [0.2, 0.25) is 0 Å². The quantitative estimate of drug-likeness (QED) is 0.898. The van der Waals surface area contributed by atoms with Crippen molar-refractivity contribution < 1.29 is 14.2 Å². The van der Waals surface area contributed by atoms with Crippen LogP contribution in [0.3, 0.4) is 0 Å². The van der Waals surface area contributed by atoms with Crippen LogP contribution < -0.4 is 0 Å². The Morgan fingerprint density at radius 3 is 3.06 bits per heavy atom. The first-order valence-corrected chi connectivity index (χ1v) is 6.95. The van der Waals surface area contributed by atoms with Gasteiger partial charge in [-0.3, -0.25) is 0 Å². The Bertz CT molecular complexity index is 378. The van der Waals surface area contributed by atoms with Gasteiger partial charge in [-0.1, -0.05) is 6.07 Å². The van der Waals surface area contributed by atoms with Crippen molar-refractivity contribution in [2.24, 2.45) is 0 Å². The van der Waals surface area contributed by atoms with Crippen molar-refractivity contribution in [2.45, 2.75) is 25.6 Å². The lowest BCUT2D eigenvalue weighted by Crippen LogP contribution is -2.36. The number of hydrogen-bond acceptors (Lipinski definition) is 3. The summed E-state index contributed by atoms with van der Waals surface area (Å²) in [6, 6.07) is 4.67. The Hall–Kier alpha value is -0.580. The van der Waals surface area contributed by atoms with Crippen LogP contribution in [0.4, 0.5) is 4.39 Å². The van der Waals surface area contributed by atoms with E-state index in [1.54, 1.807) is 17.8 Å². The Kier molecular flexibility index (Phi) is 4.42. The number of halogens is 1. The first-order valence-electron chi connectivity index (χ1n) is 5.79. The highest BCUT2D eigenvalue weighted by Crippen LogP contribution is 2.19. The van der Waals surface area contributed by atoms with E-state index in [1.165, 1.54) is 12.1 Å². The summed E-state index contributed by atoms with van der Waals surface area (Å²) in [5.41, 5.74) is 1.87. The molecule has 0 aliphatic carbocycles. The van der Waals surface area contributed by atoms with E-state index in [1.807, 2.05) is 6.92 Å². The highest BCUT2D eigenvalue weighted by atomic mass is 32.2. The first kappa shape index (κ1) is 12.9. The molecule has 0 spiro atoms. The predicted octanol–water partition coefficient (Wildman–Crippen LogP) is 2.17. The Morgan fingerprint density at radius 2 is 2.41 bits per heavy atom. The third-order valence-electron chi connectivity index (χ3n) is 3.00. The number of hydrogen-bond donors (Lipinski definition) is 1. The summed E-state index contributed by atoms with van der Waals surface area (Å²) >= 11 is 1.80. The second-order valence-electron chi connectivity index (χ2n) is 4.33. The van der Waals surface area contributed by atoms with E-state index in [-0.39, 0.29) is 11.9 Å². The topological polar surface area (TPSA) is 29.5 Å². The second-order valence-corrected chi connectivity index (χ2v) is 5.48. The predicted molar refractivity (Wildman–Crippen MR) is 67.9 cm³/mol. The largest absolute Gasteiger partial charge is 0.390 e. The molecule has 2 rings (SSSR count). The molecule has 0 bridgehead atoms. The van der Waals surface area contributed by atoms with Gasteiger partial charge in [-0.15, -0.1) is 0 Å². The van der Waals surface area contributed by atoms with Gasteiger partial charge in [-0.05, 0) is 30.2 Å². The molecule has 1 heterocycles. The lowest BCUT2D eigenvalue weighted by atomic mass is 10.00. The number of thioether (sulfide) groups is 1. The molecule has 1 fully saturated rings. The van der Waals surface area contributed by atoms with Crippen LogP contribution in [-0.2, 0) is 11.2 Å². The van der Waals surface area contributed by atoms with E-state index in [9.17, 15) is 9.50 Å². The van der Waals surface area contributed by atoms with Gasteiger partial charge in [0, 0.05) is 17.9 Å². The molecule has 1 aromatic rings. The highest BCUT2D eigenvalue weighted by molar-refractivity contribution is 7.99. The zero-order valence-electron chi connectivity index (χ0n) is 9.86. The van der Waals surface area contributed by atoms with Gasteiger partial charge >= 0.3 is 0 Å². The molecule has 1 aliphatic heterocycles. The van der Waals surface area contributed by atoms with Crippen molar-refractivity contribution in [1.29, 1.82) is 0 Å². The SMILES string of the molecule is Cc1cc(F)ccc1CC(O)C1CSCCO1. The number of aliphatic hydroxyl groups excluding tert-OH is 1. The van der Waals surface area contributed by atoms with Crippen molar-refractivity contribution in [3.05, 3.63) is 35.1 Å². The third-order valence-corrected chi connectivity index (χ3v) is 4.02. The molecule has 1 N–H and O–H groups in total. The summed E-state index contributed by atoms with van der Waals surface area (Å²) in [4.78, 5) is 0. The Labute approximate surface area is 105 Å². The first-order chi connectivity index (χ1) is 8.16. The average Bonchev–Trinajstić information content (AvgIpc) is 2.34. The van der Waals surface area contributed by atoms with Crippen molar-refractivity contribution in [1.82, 2.24) is 0 Å². The van der Waals surface area contributed by atoms with Gasteiger partial charge in [0.05, 0.1) is 18.8 Å². The highest BCUT2D eigenvalue weighted by Gasteiger charge is 2.23. The molecule has 1 saturated heterocycles. The maximum atomic E-state index is 12.9. The van der Waals surface area contributed by atoms with E-state index in [2.05, 4.69) is 0 Å². The number of aryl methyl sites for hydroxylation is 1. The maximum Gasteiger partial charge on any atom is 0.123 e. The summed E-state index contributed by atoms with van der Waals surface area (Å²) < 4.78 is 18.5. The van der Waals surface area contributed by atoms with Crippen molar-refractivity contribution >= 4 is 11.8 Å². The molecule has 0 radical (unpaired) electrons. The van der Waals surface area contributed by atoms with Crippen molar-refractivity contribution in [3.63, 3.8) is 0 Å². The average molecular weight is 256 g/mol. The molecule has 2 nitrogen and oxygen atoms in total. The van der Waals surface area contributed by atoms with Gasteiger partial charge in [0.1, 0.15) is 5.82 Å². The third kappa shape index (κ3) is 3.44. The molecule has 1 aromatic carbocycles. The second kappa shape index (κ2) is 5.85. The lowest BCUT2D eigenvalue weighted by Gasteiger charge is -2.27. The van der Waals surface area contributed by atoms with Crippen LogP contribution in [0.25, 0.3) is 0 Å². The summed E-state index contributed by atoms with van der Waals surface area (Å²) in [5, 5.41) is 10.1. The Balaban J connectivity index is 1.99. The van der Waals surface area contributed by atoms with E-state index >= 15 is 0 Å². The number of aliphatic hydroxyl groups is 1. The molecule has 2 atom stereocenters. The minimum atomic E-state index is -0.507. The van der Waals surface area contributed by atoms with Crippen molar-refractivity contribution in [2.75, 3.05) is 18.1 Å². The molecule has 0 aromatic heterocycles. The maximum absolute atomic E-state index is 12.9. The fourth-order valence-electron chi connectivity index (χ4n) is 1.97. The minimum absolute atomic E-state index is 0.0989. The monoisotopic (exact) mass is 256 g/mol. The summed E-state index contributed by atoms with van der Waals surface area (Å²) in [6.45, 7) is 2.57. The standard InChI is InChI=1S/C13H17FO2S/c1-9-6-11(14)3-2-10(9)7-12(15)13-8-17-5-4-16-13/h2-3,6,12-13,15H,4-5,7-8H2,1H3. The van der Waals surface area contributed by atoms with Gasteiger partial charge in [0.25, 0.3) is 0 Å². The zero-order valence-corrected chi connectivity index (χ0v) is 10.7. The fraction of sp³-hybridized carbons (Fsp3) is 0.538. The van der Waals surface area contributed by atoms with E-state index in [0.717, 1.165) is 22.6 Å². The van der Waals surface area contributed by atoms with Crippen LogP contribution in [0.2, 0.25) is 0 Å². The number of ether oxygens (including phenoxy) is 1. The molecule has 0 saturated carbocycles. The number of benzene rings is 1. The van der Waals surface area contributed by atoms with Crippen LogP contribution in [0, 0.1) is 12.7 Å². The van der Waals surface area contributed by atoms with Gasteiger partial charge < -0.3 is 9.84 Å². The van der Waals surface area contributed by atoms with E-state index in [4.69, 9.17) is 4.74 Å². The summed E-state index contributed by atoms with van der Waals surface area (Å²) in [6.07, 6.45) is -0.0812. The molecule has 4 heteroatoms. The van der Waals surface area contributed by atoms with Crippen LogP contribution in [0.5, 0.6) is 0 Å². The molecule has 2 unspecified atom stereocenters. The Morgan fingerprint density at radius 1 is 1.59 bits per heavy atom. The van der Waals surface area contributed by atoms with Gasteiger partial charge in [-0.25, -0.2) is 4.39 Å².